The Hall–Kier alpha value is -2.57. The van der Waals surface area contributed by atoms with Crippen LogP contribution in [0, 0.1) is 21.7 Å². The molecule has 2 aromatic rings. The molecule has 0 aliphatic rings. The summed E-state index contributed by atoms with van der Waals surface area (Å²) >= 11 is 0. The topological polar surface area (TPSA) is 65.3 Å². The number of nitro groups is 1. The fourth-order valence-electron chi connectivity index (χ4n) is 1.27. The van der Waals surface area contributed by atoms with Crippen molar-refractivity contribution in [1.29, 1.82) is 0 Å². The lowest BCUT2D eigenvalue weighted by Crippen LogP contribution is -1.96. The van der Waals surface area contributed by atoms with Gasteiger partial charge in [-0.2, -0.15) is 0 Å². The highest BCUT2D eigenvalue weighted by Crippen LogP contribution is 2.30. The Morgan fingerprint density at radius 2 is 1.94 bits per heavy atom. The number of rotatable bonds is 3. The Labute approximate surface area is 99.8 Å². The molecule has 7 heteroatoms. The average Bonchev–Trinajstić information content (AvgIpc) is 2.34. The Bertz CT molecular complexity index is 567. The van der Waals surface area contributed by atoms with Gasteiger partial charge in [-0.25, -0.2) is 8.78 Å². The molecule has 18 heavy (non-hydrogen) atoms. The third-order valence-corrected chi connectivity index (χ3v) is 2.05. The van der Waals surface area contributed by atoms with Gasteiger partial charge in [0.1, 0.15) is 5.75 Å². The predicted octanol–water partition coefficient (Wildman–Crippen LogP) is 3.06. The maximum Gasteiger partial charge on any atom is 0.275 e. The molecule has 0 aliphatic heterocycles. The first-order chi connectivity index (χ1) is 8.58. The van der Waals surface area contributed by atoms with Crippen LogP contribution in [0.5, 0.6) is 11.5 Å². The van der Waals surface area contributed by atoms with Crippen molar-refractivity contribution in [1.82, 2.24) is 4.98 Å². The number of hydrogen-bond donors (Lipinski definition) is 0. The van der Waals surface area contributed by atoms with Crippen LogP contribution in [-0.4, -0.2) is 9.91 Å². The smallest absolute Gasteiger partial charge is 0.275 e. The zero-order chi connectivity index (χ0) is 13.1. The van der Waals surface area contributed by atoms with E-state index < -0.39 is 28.0 Å². The van der Waals surface area contributed by atoms with E-state index in [0.29, 0.717) is 12.1 Å². The van der Waals surface area contributed by atoms with Crippen molar-refractivity contribution in [3.8, 4) is 11.5 Å². The molecule has 0 saturated carbocycles. The summed E-state index contributed by atoms with van der Waals surface area (Å²) in [5.74, 6) is -2.87. The largest absolute Gasteiger partial charge is 0.450 e. The van der Waals surface area contributed by atoms with Crippen LogP contribution in [0.25, 0.3) is 0 Å². The van der Waals surface area contributed by atoms with Crippen molar-refractivity contribution in [2.45, 2.75) is 0 Å². The lowest BCUT2D eigenvalue weighted by Gasteiger charge is -2.06. The molecule has 1 aromatic heterocycles. The van der Waals surface area contributed by atoms with E-state index in [0.717, 1.165) is 0 Å². The number of non-ortho nitro benzene ring substituents is 1. The number of ether oxygens (including phenoxy) is 1. The lowest BCUT2D eigenvalue weighted by molar-refractivity contribution is -0.385. The zero-order valence-corrected chi connectivity index (χ0v) is 8.84. The molecule has 0 spiro atoms. The van der Waals surface area contributed by atoms with Gasteiger partial charge in [0.2, 0.25) is 0 Å². The summed E-state index contributed by atoms with van der Waals surface area (Å²) in [7, 11) is 0. The van der Waals surface area contributed by atoms with Gasteiger partial charge in [0, 0.05) is 6.20 Å². The Morgan fingerprint density at radius 1 is 1.28 bits per heavy atom. The zero-order valence-electron chi connectivity index (χ0n) is 8.84. The number of halogens is 2. The SMILES string of the molecule is O=[N+]([O-])c1cc(F)c(Oc2cccnc2)c(F)c1. The van der Waals surface area contributed by atoms with E-state index in [1.807, 2.05) is 0 Å². The monoisotopic (exact) mass is 252 g/mol. The fourth-order valence-corrected chi connectivity index (χ4v) is 1.27. The van der Waals surface area contributed by atoms with Gasteiger partial charge in [0.25, 0.3) is 5.69 Å². The summed E-state index contributed by atoms with van der Waals surface area (Å²) in [6.07, 6.45) is 2.73. The number of benzene rings is 1. The number of aromatic nitrogens is 1. The first kappa shape index (κ1) is 11.9. The Morgan fingerprint density at radius 3 is 2.44 bits per heavy atom. The van der Waals surface area contributed by atoms with Gasteiger partial charge in [-0.1, -0.05) is 0 Å². The van der Waals surface area contributed by atoms with Gasteiger partial charge in [-0.05, 0) is 12.1 Å². The van der Waals surface area contributed by atoms with Gasteiger partial charge < -0.3 is 4.74 Å². The fraction of sp³-hybridized carbons (Fsp3) is 0. The van der Waals surface area contributed by atoms with Gasteiger partial charge in [-0.15, -0.1) is 0 Å². The molecular weight excluding hydrogens is 246 g/mol. The van der Waals surface area contributed by atoms with E-state index in [2.05, 4.69) is 4.98 Å². The molecule has 0 bridgehead atoms. The molecule has 92 valence electrons. The number of nitrogens with zero attached hydrogens (tertiary/aromatic N) is 2. The molecule has 0 fully saturated rings. The first-order valence-corrected chi connectivity index (χ1v) is 4.79. The quantitative estimate of drug-likeness (QED) is 0.622. The van der Waals surface area contributed by atoms with E-state index in [4.69, 9.17) is 4.74 Å². The normalized spacial score (nSPS) is 10.1. The summed E-state index contributed by atoms with van der Waals surface area (Å²) < 4.78 is 31.9. The van der Waals surface area contributed by atoms with Gasteiger partial charge >= 0.3 is 0 Å². The van der Waals surface area contributed by atoms with Gasteiger partial charge in [0.15, 0.2) is 17.4 Å². The van der Waals surface area contributed by atoms with Crippen molar-refractivity contribution in [3.63, 3.8) is 0 Å². The molecule has 0 N–H and O–H groups in total. The highest BCUT2D eigenvalue weighted by Gasteiger charge is 2.18. The second kappa shape index (κ2) is 4.74. The summed E-state index contributed by atoms with van der Waals surface area (Å²) in [6.45, 7) is 0. The summed E-state index contributed by atoms with van der Waals surface area (Å²) in [4.78, 5) is 13.2. The van der Waals surface area contributed by atoms with Crippen molar-refractivity contribution in [2.75, 3.05) is 0 Å². The molecule has 0 aliphatic carbocycles. The van der Waals surface area contributed by atoms with Crippen molar-refractivity contribution < 1.29 is 18.4 Å². The average molecular weight is 252 g/mol. The molecule has 1 heterocycles. The van der Waals surface area contributed by atoms with Crippen molar-refractivity contribution in [2.24, 2.45) is 0 Å². The van der Waals surface area contributed by atoms with Crippen LogP contribution in [0.2, 0.25) is 0 Å². The van der Waals surface area contributed by atoms with E-state index >= 15 is 0 Å². The van der Waals surface area contributed by atoms with E-state index in [1.54, 1.807) is 0 Å². The third-order valence-electron chi connectivity index (χ3n) is 2.05. The molecule has 2 rings (SSSR count). The molecule has 0 atom stereocenters. The second-order valence-corrected chi connectivity index (χ2v) is 3.29. The number of nitro benzene ring substituents is 1. The van der Waals surface area contributed by atoms with Crippen LogP contribution in [0.4, 0.5) is 14.5 Å². The highest BCUT2D eigenvalue weighted by molar-refractivity contribution is 5.41. The molecule has 0 unspecified atom stereocenters. The van der Waals surface area contributed by atoms with Crippen LogP contribution in [0.3, 0.4) is 0 Å². The minimum absolute atomic E-state index is 0.129. The standard InChI is InChI=1S/C11H6F2N2O3/c12-9-4-7(15(16)17)5-10(13)11(9)18-8-2-1-3-14-6-8/h1-6H. The predicted molar refractivity (Wildman–Crippen MR) is 57.3 cm³/mol. The van der Waals surface area contributed by atoms with Crippen LogP contribution in [0.1, 0.15) is 0 Å². The summed E-state index contributed by atoms with van der Waals surface area (Å²) in [5, 5.41) is 10.4. The van der Waals surface area contributed by atoms with E-state index in [9.17, 15) is 18.9 Å². The third kappa shape index (κ3) is 2.40. The lowest BCUT2D eigenvalue weighted by atomic mass is 10.3. The van der Waals surface area contributed by atoms with Crippen LogP contribution in [-0.2, 0) is 0 Å². The number of pyridine rings is 1. The maximum absolute atomic E-state index is 13.5. The molecule has 5 nitrogen and oxygen atoms in total. The highest BCUT2D eigenvalue weighted by atomic mass is 19.1. The number of hydrogen-bond acceptors (Lipinski definition) is 4. The van der Waals surface area contributed by atoms with Crippen molar-refractivity contribution >= 4 is 5.69 Å². The van der Waals surface area contributed by atoms with Crippen LogP contribution >= 0.6 is 0 Å². The molecule has 1 aromatic carbocycles. The van der Waals surface area contributed by atoms with Crippen molar-refractivity contribution in [3.05, 3.63) is 58.4 Å². The Kier molecular flexibility index (Phi) is 3.13. The van der Waals surface area contributed by atoms with E-state index in [1.165, 1.54) is 24.5 Å². The summed E-state index contributed by atoms with van der Waals surface area (Å²) in [6, 6.07) is 4.16. The maximum atomic E-state index is 13.5. The summed E-state index contributed by atoms with van der Waals surface area (Å²) in [5.41, 5.74) is -0.677. The van der Waals surface area contributed by atoms with Gasteiger partial charge in [0.05, 0.1) is 23.3 Å². The molecule has 0 amide bonds. The molecule has 0 saturated heterocycles. The second-order valence-electron chi connectivity index (χ2n) is 3.29. The van der Waals surface area contributed by atoms with Gasteiger partial charge in [-0.3, -0.25) is 15.1 Å². The minimum atomic E-state index is -1.15. The first-order valence-electron chi connectivity index (χ1n) is 4.79. The molecular formula is C11H6F2N2O3. The van der Waals surface area contributed by atoms with Crippen LogP contribution in [0.15, 0.2) is 36.7 Å². The van der Waals surface area contributed by atoms with E-state index in [-0.39, 0.29) is 5.75 Å². The minimum Gasteiger partial charge on any atom is -0.450 e. The Balaban J connectivity index is 2.37. The van der Waals surface area contributed by atoms with Crippen LogP contribution < -0.4 is 4.74 Å². The molecule has 0 radical (unpaired) electrons.